The maximum Gasteiger partial charge on any atom is 0.148 e. The predicted octanol–water partition coefficient (Wildman–Crippen LogP) is 3.13. The minimum Gasteiger partial charge on any atom is -0.367 e. The Morgan fingerprint density at radius 3 is 2.89 bits per heavy atom. The van der Waals surface area contributed by atoms with Crippen LogP contribution >= 0.6 is 27.3 Å². The lowest BCUT2D eigenvalue weighted by Crippen LogP contribution is -2.29. The monoisotopic (exact) mass is 338 g/mol. The predicted molar refractivity (Wildman–Crippen MR) is 82.6 cm³/mol. The van der Waals surface area contributed by atoms with Crippen LogP contribution in [0.1, 0.15) is 12.8 Å². The van der Waals surface area contributed by atoms with Crippen molar-refractivity contribution >= 4 is 33.1 Å². The first-order valence-corrected chi connectivity index (χ1v) is 7.99. The molecule has 2 N–H and O–H groups in total. The Labute approximate surface area is 124 Å². The van der Waals surface area contributed by atoms with Crippen molar-refractivity contribution < 1.29 is 0 Å². The van der Waals surface area contributed by atoms with Crippen molar-refractivity contribution in [3.63, 3.8) is 0 Å². The summed E-state index contributed by atoms with van der Waals surface area (Å²) in [4.78, 5) is 1.13. The van der Waals surface area contributed by atoms with E-state index in [0.29, 0.717) is 6.04 Å². The highest BCUT2D eigenvalue weighted by Crippen LogP contribution is 2.29. The fourth-order valence-corrected chi connectivity index (χ4v) is 3.52. The third kappa shape index (κ3) is 3.32. The fraction of sp³-hybridized carbons (Fsp3) is 0.385. The summed E-state index contributed by atoms with van der Waals surface area (Å²) in [5.74, 6) is 0.841. The van der Waals surface area contributed by atoms with E-state index in [-0.39, 0.29) is 0 Å². The number of aromatic nitrogens is 2. The molecule has 19 heavy (non-hydrogen) atoms. The van der Waals surface area contributed by atoms with Gasteiger partial charge in [-0.2, -0.15) is 0 Å². The lowest BCUT2D eigenvalue weighted by atomic mass is 10.2. The maximum atomic E-state index is 4.26. The Hall–Kier alpha value is -0.980. The number of thiophene rings is 1. The molecular formula is C13H15BrN4S. The molecule has 100 valence electrons. The van der Waals surface area contributed by atoms with E-state index in [1.54, 1.807) is 11.3 Å². The van der Waals surface area contributed by atoms with Crippen LogP contribution in [0, 0.1) is 0 Å². The Kier molecular flexibility index (Phi) is 4.10. The fourth-order valence-electron chi connectivity index (χ4n) is 2.17. The molecule has 0 amide bonds. The van der Waals surface area contributed by atoms with Crippen LogP contribution in [-0.4, -0.2) is 29.3 Å². The van der Waals surface area contributed by atoms with Gasteiger partial charge in [0, 0.05) is 12.6 Å². The van der Waals surface area contributed by atoms with Gasteiger partial charge in [-0.1, -0.05) is 0 Å². The van der Waals surface area contributed by atoms with Crippen molar-refractivity contribution in [1.29, 1.82) is 0 Å². The van der Waals surface area contributed by atoms with Crippen molar-refractivity contribution in [3.05, 3.63) is 28.1 Å². The highest BCUT2D eigenvalue weighted by atomic mass is 79.9. The highest BCUT2D eigenvalue weighted by Gasteiger charge is 2.13. The molecule has 1 aliphatic heterocycles. The summed E-state index contributed by atoms with van der Waals surface area (Å²) in [6.45, 7) is 2.04. The van der Waals surface area contributed by atoms with Crippen molar-refractivity contribution in [2.75, 3.05) is 18.4 Å². The molecular weight excluding hydrogens is 324 g/mol. The van der Waals surface area contributed by atoms with Crippen LogP contribution in [0.15, 0.2) is 28.1 Å². The average Bonchev–Trinajstić information content (AvgIpc) is 3.08. The lowest BCUT2D eigenvalue weighted by Gasteiger charge is -2.11. The van der Waals surface area contributed by atoms with E-state index in [2.05, 4.69) is 36.8 Å². The summed E-state index contributed by atoms with van der Waals surface area (Å²) in [6.07, 6.45) is 2.51. The Balaban J connectivity index is 1.62. The second-order valence-corrected chi connectivity index (χ2v) is 7.04. The van der Waals surface area contributed by atoms with Crippen LogP contribution in [0.2, 0.25) is 0 Å². The van der Waals surface area contributed by atoms with E-state index in [4.69, 9.17) is 0 Å². The molecule has 0 aliphatic carbocycles. The number of hydrogen-bond donors (Lipinski definition) is 2. The van der Waals surface area contributed by atoms with Gasteiger partial charge in [0.1, 0.15) is 11.5 Å². The van der Waals surface area contributed by atoms with Gasteiger partial charge >= 0.3 is 0 Å². The number of nitrogens with zero attached hydrogens (tertiary/aromatic N) is 2. The Morgan fingerprint density at radius 1 is 1.32 bits per heavy atom. The Morgan fingerprint density at radius 2 is 2.26 bits per heavy atom. The third-order valence-electron chi connectivity index (χ3n) is 3.18. The van der Waals surface area contributed by atoms with E-state index >= 15 is 0 Å². The number of rotatable bonds is 4. The van der Waals surface area contributed by atoms with Crippen molar-refractivity contribution in [2.24, 2.45) is 0 Å². The molecule has 2 aromatic heterocycles. The van der Waals surface area contributed by atoms with Gasteiger partial charge in [0.05, 0.1) is 8.66 Å². The summed E-state index contributed by atoms with van der Waals surface area (Å²) in [6, 6.07) is 8.64. The molecule has 0 radical (unpaired) electrons. The van der Waals surface area contributed by atoms with Crippen LogP contribution in [-0.2, 0) is 0 Å². The molecule has 6 heteroatoms. The highest BCUT2D eigenvalue weighted by molar-refractivity contribution is 9.11. The van der Waals surface area contributed by atoms with Crippen molar-refractivity contribution in [2.45, 2.75) is 18.9 Å². The zero-order chi connectivity index (χ0) is 13.1. The van der Waals surface area contributed by atoms with Crippen molar-refractivity contribution in [3.8, 4) is 10.6 Å². The van der Waals surface area contributed by atoms with Crippen LogP contribution in [0.5, 0.6) is 0 Å². The molecule has 0 spiro atoms. The zero-order valence-corrected chi connectivity index (χ0v) is 12.8. The van der Waals surface area contributed by atoms with Gasteiger partial charge in [-0.25, -0.2) is 0 Å². The van der Waals surface area contributed by atoms with Gasteiger partial charge in [-0.15, -0.1) is 21.5 Å². The van der Waals surface area contributed by atoms with E-state index < -0.39 is 0 Å². The minimum absolute atomic E-state index is 0.565. The van der Waals surface area contributed by atoms with Gasteiger partial charge in [-0.05, 0) is 59.6 Å². The van der Waals surface area contributed by atoms with Crippen molar-refractivity contribution in [1.82, 2.24) is 15.5 Å². The molecule has 1 saturated heterocycles. The summed E-state index contributed by atoms with van der Waals surface area (Å²) >= 11 is 5.12. The molecule has 1 unspecified atom stereocenters. The average molecular weight is 339 g/mol. The number of nitrogens with one attached hydrogen (secondary N) is 2. The standard InChI is InChI=1S/C13H15BrN4S/c14-12-5-4-11(19-12)10-3-6-13(18-17-10)16-8-9-2-1-7-15-9/h3-6,9,15H,1-2,7-8H2,(H,16,18). The summed E-state index contributed by atoms with van der Waals surface area (Å²) < 4.78 is 1.11. The number of halogens is 1. The van der Waals surface area contributed by atoms with E-state index in [0.717, 1.165) is 33.3 Å². The van der Waals surface area contributed by atoms with Gasteiger partial charge < -0.3 is 10.6 Å². The van der Waals surface area contributed by atoms with Gasteiger partial charge in [0.2, 0.25) is 0 Å². The summed E-state index contributed by atoms with van der Waals surface area (Å²) in [5, 5.41) is 15.3. The largest absolute Gasteiger partial charge is 0.367 e. The first kappa shape index (κ1) is 13.0. The molecule has 2 aromatic rings. The normalized spacial score (nSPS) is 18.7. The van der Waals surface area contributed by atoms with Crippen LogP contribution in [0.25, 0.3) is 10.6 Å². The quantitative estimate of drug-likeness (QED) is 0.899. The SMILES string of the molecule is Brc1ccc(-c2ccc(NCC3CCCN3)nn2)s1. The molecule has 0 bridgehead atoms. The smallest absolute Gasteiger partial charge is 0.148 e. The molecule has 3 rings (SSSR count). The molecule has 1 fully saturated rings. The zero-order valence-electron chi connectivity index (χ0n) is 10.4. The molecule has 1 atom stereocenters. The molecule has 4 nitrogen and oxygen atoms in total. The second kappa shape index (κ2) is 5.98. The first-order valence-electron chi connectivity index (χ1n) is 6.38. The van der Waals surface area contributed by atoms with Crippen LogP contribution in [0.4, 0.5) is 5.82 Å². The van der Waals surface area contributed by atoms with E-state index in [1.807, 2.05) is 24.3 Å². The second-order valence-electron chi connectivity index (χ2n) is 4.58. The van der Waals surface area contributed by atoms with E-state index in [9.17, 15) is 0 Å². The molecule has 3 heterocycles. The minimum atomic E-state index is 0.565. The van der Waals surface area contributed by atoms with Gasteiger partial charge in [0.15, 0.2) is 0 Å². The lowest BCUT2D eigenvalue weighted by molar-refractivity contribution is 0.632. The van der Waals surface area contributed by atoms with Gasteiger partial charge in [0.25, 0.3) is 0 Å². The maximum absolute atomic E-state index is 4.26. The van der Waals surface area contributed by atoms with Crippen LogP contribution < -0.4 is 10.6 Å². The summed E-state index contributed by atoms with van der Waals surface area (Å²) in [5.41, 5.74) is 0.917. The number of hydrogen-bond acceptors (Lipinski definition) is 5. The third-order valence-corrected chi connectivity index (χ3v) is 4.83. The molecule has 0 aromatic carbocycles. The molecule has 1 aliphatic rings. The van der Waals surface area contributed by atoms with Gasteiger partial charge in [-0.3, -0.25) is 0 Å². The molecule has 0 saturated carbocycles. The topological polar surface area (TPSA) is 49.8 Å². The summed E-state index contributed by atoms with van der Waals surface area (Å²) in [7, 11) is 0. The van der Waals surface area contributed by atoms with Crippen LogP contribution in [0.3, 0.4) is 0 Å². The Bertz CT molecular complexity index is 534. The van der Waals surface area contributed by atoms with E-state index in [1.165, 1.54) is 12.8 Å². The number of anilines is 1. The first-order chi connectivity index (χ1) is 9.31.